The lowest BCUT2D eigenvalue weighted by atomic mass is 9.79. The molecule has 1 N–H and O–H groups in total. The summed E-state index contributed by atoms with van der Waals surface area (Å²) in [6, 6.07) is 6.37. The minimum absolute atomic E-state index is 0.0981. The molecule has 33 heavy (non-hydrogen) atoms. The number of rotatable bonds is 9. The first-order valence-electron chi connectivity index (χ1n) is 12.0. The Kier molecular flexibility index (Phi) is 7.52. The van der Waals surface area contributed by atoms with Crippen LogP contribution in [-0.2, 0) is 17.9 Å². The second kappa shape index (κ2) is 10.7. The zero-order valence-electron chi connectivity index (χ0n) is 19.2. The van der Waals surface area contributed by atoms with E-state index < -0.39 is 0 Å². The van der Waals surface area contributed by atoms with Gasteiger partial charge in [0.2, 0.25) is 5.91 Å². The number of hydrogen-bond donors (Lipinski definition) is 1. The molecule has 0 aliphatic heterocycles. The molecule has 0 saturated heterocycles. The fraction of sp³-hybridized carbons (Fsp3) is 0.520. The van der Waals surface area contributed by atoms with E-state index in [1.807, 2.05) is 0 Å². The van der Waals surface area contributed by atoms with Crippen LogP contribution in [0, 0.1) is 17.7 Å². The maximum Gasteiger partial charge on any atom is 0.264 e. The van der Waals surface area contributed by atoms with Crippen LogP contribution in [0.2, 0.25) is 0 Å². The highest BCUT2D eigenvalue weighted by Crippen LogP contribution is 2.31. The monoisotopic (exact) mass is 453 g/mol. The predicted molar refractivity (Wildman–Crippen MR) is 125 cm³/mol. The van der Waals surface area contributed by atoms with Crippen molar-refractivity contribution in [3.63, 3.8) is 0 Å². The molecule has 2 heterocycles. The third-order valence-corrected chi connectivity index (χ3v) is 6.73. The molecule has 0 bridgehead atoms. The van der Waals surface area contributed by atoms with E-state index in [4.69, 9.17) is 0 Å². The van der Waals surface area contributed by atoms with Crippen molar-refractivity contribution in [3.8, 4) is 0 Å². The van der Waals surface area contributed by atoms with Crippen LogP contribution in [0.1, 0.15) is 57.4 Å². The third kappa shape index (κ3) is 5.49. The van der Waals surface area contributed by atoms with Crippen molar-refractivity contribution in [2.24, 2.45) is 11.8 Å². The van der Waals surface area contributed by atoms with E-state index >= 15 is 0 Å². The smallest absolute Gasteiger partial charge is 0.264 e. The van der Waals surface area contributed by atoms with Crippen LogP contribution in [0.3, 0.4) is 0 Å². The molecule has 0 spiro atoms. The number of aromatic nitrogens is 4. The first kappa shape index (κ1) is 23.1. The second-order valence-corrected chi connectivity index (χ2v) is 9.02. The highest BCUT2D eigenvalue weighted by Gasteiger charge is 2.25. The summed E-state index contributed by atoms with van der Waals surface area (Å²) in [5, 5.41) is 7.69. The number of carbonyl (C=O) groups is 1. The Bertz CT molecular complexity index is 1150. The summed E-state index contributed by atoms with van der Waals surface area (Å²) < 4.78 is 17.0. The second-order valence-electron chi connectivity index (χ2n) is 9.02. The quantitative estimate of drug-likeness (QED) is 0.533. The number of benzene rings is 1. The van der Waals surface area contributed by atoms with Crippen LogP contribution in [0.5, 0.6) is 0 Å². The van der Waals surface area contributed by atoms with E-state index in [1.54, 1.807) is 22.9 Å². The van der Waals surface area contributed by atoms with Crippen LogP contribution in [-0.4, -0.2) is 31.8 Å². The molecule has 1 aliphatic rings. The van der Waals surface area contributed by atoms with Crippen LogP contribution in [0.4, 0.5) is 4.39 Å². The molecular formula is C25H32FN5O2. The van der Waals surface area contributed by atoms with Crippen molar-refractivity contribution in [3.05, 3.63) is 58.5 Å². The van der Waals surface area contributed by atoms with Gasteiger partial charge in [0.05, 0.1) is 19.3 Å². The van der Waals surface area contributed by atoms with E-state index in [-0.39, 0.29) is 29.7 Å². The number of nitrogens with zero attached hydrogens (tertiary/aromatic N) is 4. The van der Waals surface area contributed by atoms with Gasteiger partial charge in [-0.25, -0.2) is 14.1 Å². The highest BCUT2D eigenvalue weighted by atomic mass is 19.1. The summed E-state index contributed by atoms with van der Waals surface area (Å²) in [6.45, 7) is 3.20. The predicted octanol–water partition coefficient (Wildman–Crippen LogP) is 3.89. The molecule has 8 heteroatoms. The zero-order chi connectivity index (χ0) is 23.2. The van der Waals surface area contributed by atoms with E-state index in [9.17, 15) is 14.0 Å². The van der Waals surface area contributed by atoms with Crippen molar-refractivity contribution in [2.45, 2.75) is 65.0 Å². The molecule has 1 aromatic carbocycles. The summed E-state index contributed by atoms with van der Waals surface area (Å²) in [7, 11) is 0. The topological polar surface area (TPSA) is 81.8 Å². The van der Waals surface area contributed by atoms with Gasteiger partial charge in [0, 0.05) is 18.0 Å². The van der Waals surface area contributed by atoms with Gasteiger partial charge in [0.15, 0.2) is 5.65 Å². The number of fused-ring (bicyclic) bond motifs is 1. The first-order valence-corrected chi connectivity index (χ1v) is 12.0. The van der Waals surface area contributed by atoms with E-state index in [0.29, 0.717) is 29.7 Å². The Balaban J connectivity index is 1.32. The number of hydrogen-bond acceptors (Lipinski definition) is 4. The number of amides is 1. The molecule has 0 radical (unpaired) electrons. The van der Waals surface area contributed by atoms with Crippen molar-refractivity contribution >= 4 is 16.9 Å². The van der Waals surface area contributed by atoms with E-state index in [2.05, 4.69) is 22.3 Å². The summed E-state index contributed by atoms with van der Waals surface area (Å²) in [4.78, 5) is 29.8. The molecule has 3 aromatic rings. The standard InChI is InChI=1S/C25H32FN5O2/c1-2-3-6-18-9-11-19(12-10-18)24(32)27-13-14-31-23-21(15-29-31)25(33)30(17-28-23)16-20-7-4-5-8-22(20)26/h4-5,7-8,15,17-19H,2-3,6,9-14,16H2,1H3,(H,27,32). The molecule has 176 valence electrons. The third-order valence-electron chi connectivity index (χ3n) is 6.73. The molecule has 1 saturated carbocycles. The number of nitrogens with one attached hydrogen (secondary N) is 1. The molecule has 0 atom stereocenters. The molecular weight excluding hydrogens is 421 g/mol. The lowest BCUT2D eigenvalue weighted by molar-refractivity contribution is -0.126. The van der Waals surface area contributed by atoms with Gasteiger partial charge >= 0.3 is 0 Å². The average molecular weight is 454 g/mol. The Hall–Kier alpha value is -3.03. The van der Waals surface area contributed by atoms with Crippen LogP contribution < -0.4 is 10.9 Å². The molecule has 0 unspecified atom stereocenters. The summed E-state index contributed by atoms with van der Waals surface area (Å²) in [5.41, 5.74) is 0.629. The highest BCUT2D eigenvalue weighted by molar-refractivity contribution is 5.78. The van der Waals surface area contributed by atoms with Crippen LogP contribution >= 0.6 is 0 Å². The number of carbonyl (C=O) groups excluding carboxylic acids is 1. The normalized spacial score (nSPS) is 18.5. The number of unbranched alkanes of at least 4 members (excludes halogenated alkanes) is 1. The van der Waals surface area contributed by atoms with Gasteiger partial charge in [-0.3, -0.25) is 14.2 Å². The van der Waals surface area contributed by atoms with Gasteiger partial charge in [0.1, 0.15) is 17.5 Å². The van der Waals surface area contributed by atoms with Gasteiger partial charge < -0.3 is 5.32 Å². The Morgan fingerprint density at radius 1 is 1.21 bits per heavy atom. The maximum atomic E-state index is 13.9. The van der Waals surface area contributed by atoms with Crippen LogP contribution in [0.25, 0.3) is 11.0 Å². The lowest BCUT2D eigenvalue weighted by Gasteiger charge is -2.27. The molecule has 4 rings (SSSR count). The van der Waals surface area contributed by atoms with Crippen LogP contribution in [0.15, 0.2) is 41.6 Å². The molecule has 7 nitrogen and oxygen atoms in total. The van der Waals surface area contributed by atoms with Crippen molar-refractivity contribution in [1.82, 2.24) is 24.6 Å². The van der Waals surface area contributed by atoms with Crippen molar-refractivity contribution in [1.29, 1.82) is 0 Å². The summed E-state index contributed by atoms with van der Waals surface area (Å²) in [6.07, 6.45) is 10.9. The Labute approximate surface area is 193 Å². The zero-order valence-corrected chi connectivity index (χ0v) is 19.2. The largest absolute Gasteiger partial charge is 0.354 e. The van der Waals surface area contributed by atoms with E-state index in [1.165, 1.54) is 42.4 Å². The minimum atomic E-state index is -0.356. The van der Waals surface area contributed by atoms with Gasteiger partial charge in [-0.2, -0.15) is 5.10 Å². The van der Waals surface area contributed by atoms with Gasteiger partial charge in [-0.15, -0.1) is 0 Å². The van der Waals surface area contributed by atoms with Gasteiger partial charge in [-0.05, 0) is 37.7 Å². The fourth-order valence-electron chi connectivity index (χ4n) is 4.72. The molecule has 1 fully saturated rings. The Morgan fingerprint density at radius 3 is 2.76 bits per heavy atom. The molecule has 2 aromatic heterocycles. The van der Waals surface area contributed by atoms with Crippen molar-refractivity contribution < 1.29 is 9.18 Å². The van der Waals surface area contributed by atoms with Gasteiger partial charge in [-0.1, -0.05) is 44.4 Å². The maximum absolute atomic E-state index is 13.9. The number of halogens is 1. The average Bonchev–Trinajstić information content (AvgIpc) is 3.25. The summed E-state index contributed by atoms with van der Waals surface area (Å²) >= 11 is 0. The van der Waals surface area contributed by atoms with Gasteiger partial charge in [0.25, 0.3) is 5.56 Å². The SMILES string of the molecule is CCCCC1CCC(C(=O)NCCn2ncc3c(=O)n(Cc4ccccc4F)cnc32)CC1. The minimum Gasteiger partial charge on any atom is -0.354 e. The Morgan fingerprint density at radius 2 is 2.00 bits per heavy atom. The summed E-state index contributed by atoms with van der Waals surface area (Å²) in [5.74, 6) is 0.630. The van der Waals surface area contributed by atoms with E-state index in [0.717, 1.165) is 31.6 Å². The lowest BCUT2D eigenvalue weighted by Crippen LogP contribution is -2.35. The fourth-order valence-corrected chi connectivity index (χ4v) is 4.72. The van der Waals surface area contributed by atoms with Crippen molar-refractivity contribution in [2.75, 3.05) is 6.54 Å². The molecule has 1 aliphatic carbocycles. The molecule has 1 amide bonds. The first-order chi connectivity index (χ1) is 16.1.